The van der Waals surface area contributed by atoms with E-state index in [1.807, 2.05) is 36.9 Å². The number of aryl methyl sites for hydroxylation is 1. The normalized spacial score (nSPS) is 23.8. The third-order valence-corrected chi connectivity index (χ3v) is 6.43. The summed E-state index contributed by atoms with van der Waals surface area (Å²) in [6, 6.07) is 10.7. The Labute approximate surface area is 187 Å². The molecule has 2 aliphatic rings. The lowest BCUT2D eigenvalue weighted by Gasteiger charge is -2.35. The van der Waals surface area contributed by atoms with Gasteiger partial charge in [0.1, 0.15) is 5.69 Å². The molecule has 8 heteroatoms. The van der Waals surface area contributed by atoms with E-state index in [1.54, 1.807) is 12.3 Å². The van der Waals surface area contributed by atoms with Crippen LogP contribution in [0.15, 0.2) is 53.7 Å². The number of benzene rings is 1. The van der Waals surface area contributed by atoms with Gasteiger partial charge in [-0.2, -0.15) is 5.10 Å². The molecule has 0 bridgehead atoms. The van der Waals surface area contributed by atoms with Crippen LogP contribution in [0.4, 0.5) is 10.2 Å². The molecule has 32 heavy (non-hydrogen) atoms. The van der Waals surface area contributed by atoms with E-state index in [2.05, 4.69) is 48.7 Å². The summed E-state index contributed by atoms with van der Waals surface area (Å²) in [5.74, 6) is 0.936. The predicted octanol–water partition coefficient (Wildman–Crippen LogP) is 3.33. The van der Waals surface area contributed by atoms with Crippen molar-refractivity contribution in [2.75, 3.05) is 24.5 Å². The number of hydrogen-bond donors (Lipinski definition) is 1. The molecular formula is C24H28FN7. The molecule has 1 saturated heterocycles. The molecule has 2 aromatic heterocycles. The topological polar surface area (TPSA) is 71.2 Å². The minimum absolute atomic E-state index is 0.372. The van der Waals surface area contributed by atoms with Gasteiger partial charge in [-0.1, -0.05) is 30.3 Å². The van der Waals surface area contributed by atoms with Gasteiger partial charge in [-0.3, -0.25) is 9.67 Å². The number of fused-ring (bicyclic) bond motifs is 1. The summed E-state index contributed by atoms with van der Waals surface area (Å²) in [6.45, 7) is 4.55. The lowest BCUT2D eigenvalue weighted by Crippen LogP contribution is -2.47. The highest BCUT2D eigenvalue weighted by molar-refractivity contribution is 5.99. The van der Waals surface area contributed by atoms with Crippen molar-refractivity contribution in [3.8, 4) is 11.4 Å². The van der Waals surface area contributed by atoms with Crippen molar-refractivity contribution in [1.29, 1.82) is 0 Å². The number of aliphatic imine (C=N–C) groups is 1. The fraction of sp³-hybridized carbons (Fsp3) is 0.417. The first-order valence-electron chi connectivity index (χ1n) is 11.1. The minimum atomic E-state index is -1.06. The second kappa shape index (κ2) is 8.43. The number of alkyl halides is 1. The van der Waals surface area contributed by atoms with Crippen molar-refractivity contribution in [1.82, 2.24) is 25.3 Å². The molecule has 7 nitrogen and oxygen atoms in total. The van der Waals surface area contributed by atoms with E-state index in [0.717, 1.165) is 53.9 Å². The van der Waals surface area contributed by atoms with E-state index < -0.39 is 6.17 Å². The summed E-state index contributed by atoms with van der Waals surface area (Å²) in [7, 11) is 1.92. The smallest absolute Gasteiger partial charge is 0.159 e. The lowest BCUT2D eigenvalue weighted by atomic mass is 9.97. The van der Waals surface area contributed by atoms with Gasteiger partial charge in [-0.15, -0.1) is 10.2 Å². The SMILES string of the molecule is Cn1nccc1-c1nnc(N2CCC(NCC3(C)C=CC(F)C=N3)CC2)c2ccccc12. The molecule has 166 valence electrons. The molecule has 1 fully saturated rings. The number of anilines is 1. The number of rotatable bonds is 5. The predicted molar refractivity (Wildman–Crippen MR) is 126 cm³/mol. The Morgan fingerprint density at radius 2 is 1.91 bits per heavy atom. The first kappa shape index (κ1) is 20.8. The van der Waals surface area contributed by atoms with Crippen LogP contribution in [0.1, 0.15) is 19.8 Å². The Kier molecular flexibility index (Phi) is 5.46. The van der Waals surface area contributed by atoms with E-state index in [1.165, 1.54) is 6.21 Å². The van der Waals surface area contributed by atoms with E-state index in [9.17, 15) is 4.39 Å². The number of nitrogens with one attached hydrogen (secondary N) is 1. The zero-order chi connectivity index (χ0) is 22.1. The highest BCUT2D eigenvalue weighted by atomic mass is 19.1. The Hall–Kier alpha value is -3.13. The molecular weight excluding hydrogens is 405 g/mol. The number of piperidine rings is 1. The van der Waals surface area contributed by atoms with Gasteiger partial charge in [0, 0.05) is 55.9 Å². The van der Waals surface area contributed by atoms with Gasteiger partial charge in [0.2, 0.25) is 0 Å². The second-order valence-electron chi connectivity index (χ2n) is 8.84. The first-order chi connectivity index (χ1) is 15.5. The molecule has 0 radical (unpaired) electrons. The van der Waals surface area contributed by atoms with Gasteiger partial charge in [-0.05, 0) is 31.9 Å². The van der Waals surface area contributed by atoms with Crippen LogP contribution in [-0.2, 0) is 7.05 Å². The molecule has 0 saturated carbocycles. The molecule has 2 aliphatic heterocycles. The monoisotopic (exact) mass is 433 g/mol. The summed E-state index contributed by atoms with van der Waals surface area (Å²) < 4.78 is 15.1. The fourth-order valence-electron chi connectivity index (χ4n) is 4.50. The third-order valence-electron chi connectivity index (χ3n) is 6.43. The van der Waals surface area contributed by atoms with Crippen LogP contribution in [0.2, 0.25) is 0 Å². The number of nitrogens with zero attached hydrogens (tertiary/aromatic N) is 6. The maximum Gasteiger partial charge on any atom is 0.159 e. The molecule has 4 heterocycles. The molecule has 3 aromatic rings. The molecule has 0 aliphatic carbocycles. The van der Waals surface area contributed by atoms with E-state index in [0.29, 0.717) is 12.6 Å². The van der Waals surface area contributed by atoms with Crippen molar-refractivity contribution in [2.24, 2.45) is 12.0 Å². The zero-order valence-electron chi connectivity index (χ0n) is 18.4. The number of dihydropyridines is 1. The number of allylic oxidation sites excluding steroid dienone is 1. The van der Waals surface area contributed by atoms with Gasteiger partial charge in [-0.25, -0.2) is 4.39 Å². The summed E-state index contributed by atoms with van der Waals surface area (Å²) >= 11 is 0. The summed E-state index contributed by atoms with van der Waals surface area (Å²) in [6.07, 6.45) is 7.57. The number of hydrogen-bond acceptors (Lipinski definition) is 6. The molecule has 0 amide bonds. The number of halogens is 1. The summed E-state index contributed by atoms with van der Waals surface area (Å²) in [5, 5.41) is 19.3. The highest BCUT2D eigenvalue weighted by Crippen LogP contribution is 2.32. The molecule has 0 spiro atoms. The van der Waals surface area contributed by atoms with Gasteiger partial charge in [0.05, 0.1) is 11.2 Å². The minimum Gasteiger partial charge on any atom is -0.354 e. The van der Waals surface area contributed by atoms with Crippen molar-refractivity contribution in [2.45, 2.75) is 37.5 Å². The maximum absolute atomic E-state index is 13.3. The Balaban J connectivity index is 1.29. The molecule has 2 atom stereocenters. The Bertz CT molecular complexity index is 1150. The van der Waals surface area contributed by atoms with Crippen LogP contribution < -0.4 is 10.2 Å². The van der Waals surface area contributed by atoms with Crippen LogP contribution >= 0.6 is 0 Å². The third kappa shape index (κ3) is 4.02. The van der Waals surface area contributed by atoms with Crippen molar-refractivity contribution < 1.29 is 4.39 Å². The molecule has 1 aromatic carbocycles. The van der Waals surface area contributed by atoms with Crippen LogP contribution in [0.25, 0.3) is 22.2 Å². The Morgan fingerprint density at radius 3 is 2.59 bits per heavy atom. The van der Waals surface area contributed by atoms with Gasteiger partial charge in [0.25, 0.3) is 0 Å². The average molecular weight is 434 g/mol. The van der Waals surface area contributed by atoms with Crippen LogP contribution in [0.3, 0.4) is 0 Å². The zero-order valence-corrected chi connectivity index (χ0v) is 18.4. The van der Waals surface area contributed by atoms with Gasteiger partial charge >= 0.3 is 0 Å². The second-order valence-corrected chi connectivity index (χ2v) is 8.84. The molecule has 2 unspecified atom stereocenters. The highest BCUT2D eigenvalue weighted by Gasteiger charge is 2.27. The Morgan fingerprint density at radius 1 is 1.12 bits per heavy atom. The summed E-state index contributed by atoms with van der Waals surface area (Å²) in [5.41, 5.74) is 1.43. The van der Waals surface area contributed by atoms with E-state index >= 15 is 0 Å². The van der Waals surface area contributed by atoms with Gasteiger partial charge in [0.15, 0.2) is 12.0 Å². The quantitative estimate of drug-likeness (QED) is 0.625. The lowest BCUT2D eigenvalue weighted by molar-refractivity contribution is 0.379. The average Bonchev–Trinajstić information content (AvgIpc) is 3.25. The summed E-state index contributed by atoms with van der Waals surface area (Å²) in [4.78, 5) is 6.70. The van der Waals surface area contributed by atoms with E-state index in [-0.39, 0.29) is 5.54 Å². The standard InChI is InChI=1S/C24H28FN7/c1-24(11-7-17(25)15-27-24)16-26-18-9-13-32(14-10-18)23-20-6-4-3-5-19(20)22(29-30-23)21-8-12-28-31(21)2/h3-8,11-12,15,17-18,26H,9-10,13-14,16H2,1-2H3. The van der Waals surface area contributed by atoms with Crippen LogP contribution in [0, 0.1) is 0 Å². The van der Waals surface area contributed by atoms with Gasteiger partial charge < -0.3 is 10.2 Å². The molecule has 5 rings (SSSR count). The largest absolute Gasteiger partial charge is 0.354 e. The van der Waals surface area contributed by atoms with Crippen LogP contribution in [-0.4, -0.2) is 63.6 Å². The first-order valence-corrected chi connectivity index (χ1v) is 11.1. The van der Waals surface area contributed by atoms with Crippen molar-refractivity contribution >= 4 is 22.8 Å². The van der Waals surface area contributed by atoms with Crippen molar-refractivity contribution in [3.63, 3.8) is 0 Å². The maximum atomic E-state index is 13.3. The van der Waals surface area contributed by atoms with Crippen molar-refractivity contribution in [3.05, 3.63) is 48.7 Å². The van der Waals surface area contributed by atoms with Crippen LogP contribution in [0.5, 0.6) is 0 Å². The number of aromatic nitrogens is 4. The molecule has 1 N–H and O–H groups in total. The fourth-order valence-corrected chi connectivity index (χ4v) is 4.50. The van der Waals surface area contributed by atoms with E-state index in [4.69, 9.17) is 0 Å².